The number of hydrogen-bond donors (Lipinski definition) is 1. The maximum atomic E-state index is 13.0. The van der Waals surface area contributed by atoms with E-state index in [1.165, 1.54) is 4.40 Å². The van der Waals surface area contributed by atoms with Gasteiger partial charge >= 0.3 is 5.97 Å². The van der Waals surface area contributed by atoms with E-state index in [-0.39, 0.29) is 20.6 Å². The number of hydrogen-bond acceptors (Lipinski definition) is 4. The Morgan fingerprint density at radius 3 is 2.45 bits per heavy atom. The normalized spacial score (nSPS) is 11.4. The van der Waals surface area contributed by atoms with Crippen LogP contribution in [0.4, 0.5) is 0 Å². The second-order valence-corrected chi connectivity index (χ2v) is 7.78. The number of carboxylic acid groups (broad SMARTS) is 1. The van der Waals surface area contributed by atoms with Gasteiger partial charge in [-0.3, -0.25) is 4.79 Å². The Morgan fingerprint density at radius 1 is 1.10 bits per heavy atom. The molecule has 7 heteroatoms. The first-order valence-corrected chi connectivity index (χ1v) is 9.93. The van der Waals surface area contributed by atoms with Gasteiger partial charge in [0, 0.05) is 5.56 Å². The topological polar surface area (TPSA) is 71.7 Å². The molecule has 2 aromatic carbocycles. The molecule has 0 spiro atoms. The van der Waals surface area contributed by atoms with Crippen molar-refractivity contribution in [3.8, 4) is 11.3 Å². The van der Waals surface area contributed by atoms with Gasteiger partial charge in [0.25, 0.3) is 5.56 Å². The molecule has 0 atom stereocenters. The molecule has 0 amide bonds. The summed E-state index contributed by atoms with van der Waals surface area (Å²) in [6, 6.07) is 16.8. The Morgan fingerprint density at radius 2 is 1.79 bits per heavy atom. The molecule has 29 heavy (non-hydrogen) atoms. The van der Waals surface area contributed by atoms with E-state index in [4.69, 9.17) is 11.6 Å². The van der Waals surface area contributed by atoms with E-state index in [1.807, 2.05) is 49.4 Å². The van der Waals surface area contributed by atoms with E-state index >= 15 is 0 Å². The number of carbonyl (C=O) groups is 1. The highest BCUT2D eigenvalue weighted by atomic mass is 35.5. The van der Waals surface area contributed by atoms with Crippen LogP contribution in [0.1, 0.15) is 26.5 Å². The molecule has 4 aromatic rings. The molecule has 4 rings (SSSR count). The average Bonchev–Trinajstić information content (AvgIpc) is 3.11. The lowest BCUT2D eigenvalue weighted by Gasteiger charge is -2.05. The predicted octanol–water partition coefficient (Wildman–Crippen LogP) is 5.25. The molecule has 1 N–H and O–H groups in total. The van der Waals surface area contributed by atoms with Crippen LogP contribution in [0.15, 0.2) is 59.4 Å². The maximum absolute atomic E-state index is 13.0. The van der Waals surface area contributed by atoms with Gasteiger partial charge in [-0.15, -0.1) is 0 Å². The van der Waals surface area contributed by atoms with Crippen molar-refractivity contribution in [2.24, 2.45) is 0 Å². The highest BCUT2D eigenvalue weighted by molar-refractivity contribution is 7.19. The van der Waals surface area contributed by atoms with Crippen LogP contribution in [0, 0.1) is 6.92 Å². The van der Waals surface area contributed by atoms with Crippen molar-refractivity contribution in [3.63, 3.8) is 0 Å². The molecule has 2 aromatic heterocycles. The number of carboxylic acids is 1. The molecule has 0 fully saturated rings. The van der Waals surface area contributed by atoms with Gasteiger partial charge in [0.1, 0.15) is 9.90 Å². The van der Waals surface area contributed by atoms with Gasteiger partial charge < -0.3 is 5.11 Å². The summed E-state index contributed by atoms with van der Waals surface area (Å²) in [6.07, 6.45) is 3.46. The first-order valence-electron chi connectivity index (χ1n) is 8.74. The lowest BCUT2D eigenvalue weighted by Crippen LogP contribution is -2.17. The minimum absolute atomic E-state index is 0.0405. The number of rotatable bonds is 4. The van der Waals surface area contributed by atoms with E-state index < -0.39 is 11.5 Å². The summed E-state index contributed by atoms with van der Waals surface area (Å²) in [7, 11) is 0. The molecule has 0 radical (unpaired) electrons. The molecule has 0 aliphatic rings. The van der Waals surface area contributed by atoms with Crippen LogP contribution in [0.3, 0.4) is 0 Å². The van der Waals surface area contributed by atoms with Gasteiger partial charge in [-0.05, 0) is 18.6 Å². The van der Waals surface area contributed by atoms with Crippen LogP contribution >= 0.6 is 22.9 Å². The van der Waals surface area contributed by atoms with Crippen molar-refractivity contribution in [1.82, 2.24) is 9.38 Å². The zero-order valence-electron chi connectivity index (χ0n) is 15.3. The molecule has 0 bridgehead atoms. The van der Waals surface area contributed by atoms with Crippen LogP contribution in [0.5, 0.6) is 0 Å². The first-order chi connectivity index (χ1) is 14.0. The van der Waals surface area contributed by atoms with E-state index in [0.717, 1.165) is 22.5 Å². The highest BCUT2D eigenvalue weighted by Gasteiger charge is 2.23. The Labute approximate surface area is 175 Å². The lowest BCUT2D eigenvalue weighted by atomic mass is 10.1. The molecule has 0 saturated heterocycles. The van der Waals surface area contributed by atoms with E-state index in [0.29, 0.717) is 11.3 Å². The summed E-state index contributed by atoms with van der Waals surface area (Å²) in [6.45, 7) is 1.93. The van der Waals surface area contributed by atoms with Crippen molar-refractivity contribution in [1.29, 1.82) is 0 Å². The highest BCUT2D eigenvalue weighted by Crippen LogP contribution is 2.31. The van der Waals surface area contributed by atoms with Crippen molar-refractivity contribution in [2.45, 2.75) is 6.92 Å². The number of thiazole rings is 1. The number of aromatic nitrogens is 2. The van der Waals surface area contributed by atoms with Crippen LogP contribution < -0.4 is 5.56 Å². The van der Waals surface area contributed by atoms with Gasteiger partial charge in [0.2, 0.25) is 0 Å². The standard InChI is InChI=1S/C22H15ClN2O3S/c1-13-7-10-15(11-8-13)18-19(21(27)28)29-22-24-16(17(23)20(26)25(18)22)12-9-14-5-3-2-4-6-14/h2-12H,1H3,(H,27,28)/b12-9+. The summed E-state index contributed by atoms with van der Waals surface area (Å²) in [5.74, 6) is -1.12. The lowest BCUT2D eigenvalue weighted by molar-refractivity contribution is 0.0702. The van der Waals surface area contributed by atoms with E-state index in [9.17, 15) is 14.7 Å². The van der Waals surface area contributed by atoms with Gasteiger partial charge in [-0.2, -0.15) is 0 Å². The second kappa shape index (κ2) is 7.66. The zero-order chi connectivity index (χ0) is 20.5. The number of aromatic carboxylic acids is 1. The Balaban J connectivity index is 1.94. The molecule has 0 unspecified atom stereocenters. The maximum Gasteiger partial charge on any atom is 0.348 e. The second-order valence-electron chi connectivity index (χ2n) is 6.43. The van der Waals surface area contributed by atoms with Gasteiger partial charge in [0.15, 0.2) is 4.96 Å². The predicted molar refractivity (Wildman–Crippen MR) is 117 cm³/mol. The Kier molecular flexibility index (Phi) is 5.05. The van der Waals surface area contributed by atoms with Gasteiger partial charge in [-0.1, -0.05) is 89.2 Å². The number of aryl methyl sites for hydroxylation is 1. The summed E-state index contributed by atoms with van der Waals surface area (Å²) in [5, 5.41) is 9.63. The molecular formula is C22H15ClN2O3S. The minimum Gasteiger partial charge on any atom is -0.477 e. The first kappa shape index (κ1) is 19.1. The Hall–Kier alpha value is -3.22. The molecule has 0 saturated carbocycles. The van der Waals surface area contributed by atoms with E-state index in [1.54, 1.807) is 24.3 Å². The van der Waals surface area contributed by atoms with Crippen molar-refractivity contribution >= 4 is 46.0 Å². The van der Waals surface area contributed by atoms with Crippen molar-refractivity contribution < 1.29 is 9.90 Å². The SMILES string of the molecule is Cc1ccc(-c2c(C(=O)O)sc3nc(/C=C/c4ccccc4)c(Cl)c(=O)n23)cc1. The third kappa shape index (κ3) is 3.60. The van der Waals surface area contributed by atoms with E-state index in [2.05, 4.69) is 4.98 Å². The Bertz CT molecular complexity index is 1310. The molecule has 144 valence electrons. The van der Waals surface area contributed by atoms with Crippen LogP contribution in [-0.4, -0.2) is 20.5 Å². The van der Waals surface area contributed by atoms with Crippen LogP contribution in [-0.2, 0) is 0 Å². The monoisotopic (exact) mass is 422 g/mol. The number of benzene rings is 2. The number of halogens is 1. The molecule has 5 nitrogen and oxygen atoms in total. The summed E-state index contributed by atoms with van der Waals surface area (Å²) in [5.41, 5.74) is 2.67. The smallest absolute Gasteiger partial charge is 0.348 e. The molecular weight excluding hydrogens is 408 g/mol. The largest absolute Gasteiger partial charge is 0.477 e. The minimum atomic E-state index is -1.12. The van der Waals surface area contributed by atoms with Gasteiger partial charge in [0.05, 0.1) is 11.4 Å². The fraction of sp³-hybridized carbons (Fsp3) is 0.0455. The summed E-state index contributed by atoms with van der Waals surface area (Å²) in [4.78, 5) is 29.6. The zero-order valence-corrected chi connectivity index (χ0v) is 16.9. The third-order valence-electron chi connectivity index (χ3n) is 4.41. The van der Waals surface area contributed by atoms with Gasteiger partial charge in [-0.25, -0.2) is 14.2 Å². The third-order valence-corrected chi connectivity index (χ3v) is 5.79. The average molecular weight is 423 g/mol. The number of nitrogens with zero attached hydrogens (tertiary/aromatic N) is 2. The quantitative estimate of drug-likeness (QED) is 0.487. The molecule has 2 heterocycles. The summed E-state index contributed by atoms with van der Waals surface area (Å²) < 4.78 is 1.28. The van der Waals surface area contributed by atoms with Crippen molar-refractivity contribution in [3.05, 3.63) is 91.7 Å². The number of fused-ring (bicyclic) bond motifs is 1. The van der Waals surface area contributed by atoms with Crippen LogP contribution in [0.25, 0.3) is 28.4 Å². The van der Waals surface area contributed by atoms with Crippen molar-refractivity contribution in [2.75, 3.05) is 0 Å². The fourth-order valence-electron chi connectivity index (χ4n) is 2.97. The molecule has 0 aliphatic heterocycles. The van der Waals surface area contributed by atoms with Crippen LogP contribution in [0.2, 0.25) is 5.02 Å². The fourth-order valence-corrected chi connectivity index (χ4v) is 4.14. The molecule has 0 aliphatic carbocycles. The summed E-state index contributed by atoms with van der Waals surface area (Å²) >= 11 is 7.27.